The molecule has 2 aromatic carbocycles. The summed E-state index contributed by atoms with van der Waals surface area (Å²) in [4.78, 5) is 26.8. The maximum absolute atomic E-state index is 12.9. The molecule has 25 heavy (non-hydrogen) atoms. The topological polar surface area (TPSA) is 58.6 Å². The predicted octanol–water partition coefficient (Wildman–Crippen LogP) is 3.71. The van der Waals surface area contributed by atoms with E-state index < -0.39 is 6.04 Å². The third-order valence-electron chi connectivity index (χ3n) is 3.84. The van der Waals surface area contributed by atoms with E-state index in [-0.39, 0.29) is 23.7 Å². The van der Waals surface area contributed by atoms with E-state index in [0.717, 1.165) is 5.56 Å². The Morgan fingerprint density at radius 3 is 2.40 bits per heavy atom. The van der Waals surface area contributed by atoms with Crippen molar-refractivity contribution in [2.45, 2.75) is 11.4 Å². The Kier molecular flexibility index (Phi) is 5.95. The summed E-state index contributed by atoms with van der Waals surface area (Å²) in [6, 6.07) is 18.0. The molecule has 1 aliphatic heterocycles. The number of carbonyl (C=O) groups is 2. The molecule has 7 heteroatoms. The first-order valence-corrected chi connectivity index (χ1v) is 9.75. The number of nitrogens with zero attached hydrogens (tertiary/aromatic N) is 1. The lowest BCUT2D eigenvalue weighted by Crippen LogP contribution is -2.45. The highest BCUT2D eigenvalue weighted by Crippen LogP contribution is 2.42. The van der Waals surface area contributed by atoms with E-state index >= 15 is 0 Å². The van der Waals surface area contributed by atoms with Gasteiger partial charge in [0.2, 0.25) is 0 Å². The zero-order valence-electron chi connectivity index (χ0n) is 13.5. The van der Waals surface area contributed by atoms with Crippen molar-refractivity contribution in [3.05, 3.63) is 66.2 Å². The number of thioether (sulfide) groups is 1. The van der Waals surface area contributed by atoms with Crippen LogP contribution in [0, 0.1) is 0 Å². The van der Waals surface area contributed by atoms with Gasteiger partial charge in [-0.3, -0.25) is 4.90 Å². The smallest absolute Gasteiger partial charge is 0.330 e. The Morgan fingerprint density at radius 2 is 1.76 bits per heavy atom. The second-order valence-electron chi connectivity index (χ2n) is 5.45. The lowest BCUT2D eigenvalue weighted by Gasteiger charge is -2.28. The third-order valence-corrected chi connectivity index (χ3v) is 5.33. The van der Waals surface area contributed by atoms with Gasteiger partial charge >= 0.3 is 12.0 Å². The summed E-state index contributed by atoms with van der Waals surface area (Å²) in [5.74, 6) is 0.120. The van der Waals surface area contributed by atoms with E-state index in [4.69, 9.17) is 4.74 Å². The molecule has 0 aromatic heterocycles. The standard InChI is InChI=1S/C18H19N2O3PS/c21-17(23-12-24)15-11-25-16(13-7-3-1-4-8-13)20(15)18(22)19-14-9-5-2-6-10-14/h1-10,15-16H,11-12,24H2,(H,19,22)/t15-,16?/m0/s1. The molecule has 1 N–H and O–H groups in total. The first kappa shape index (κ1) is 17.8. The van der Waals surface area contributed by atoms with Crippen LogP contribution in [-0.4, -0.2) is 35.0 Å². The molecule has 130 valence electrons. The third kappa shape index (κ3) is 4.14. The Bertz CT molecular complexity index is 730. The van der Waals surface area contributed by atoms with E-state index in [9.17, 15) is 9.59 Å². The van der Waals surface area contributed by atoms with Gasteiger partial charge in [0.15, 0.2) is 0 Å². The summed E-state index contributed by atoms with van der Waals surface area (Å²) in [7, 11) is 2.36. The van der Waals surface area contributed by atoms with Crippen molar-refractivity contribution in [3.63, 3.8) is 0 Å². The van der Waals surface area contributed by atoms with Gasteiger partial charge in [0.1, 0.15) is 17.8 Å². The summed E-state index contributed by atoms with van der Waals surface area (Å²) in [5, 5.41) is 2.64. The highest BCUT2D eigenvalue weighted by molar-refractivity contribution is 7.99. The molecule has 3 atom stereocenters. The number of ether oxygens (including phenoxy) is 1. The molecule has 2 unspecified atom stereocenters. The first-order chi connectivity index (χ1) is 12.2. The van der Waals surface area contributed by atoms with Gasteiger partial charge in [-0.1, -0.05) is 57.8 Å². The van der Waals surface area contributed by atoms with Crippen LogP contribution in [0.5, 0.6) is 0 Å². The molecule has 1 fully saturated rings. The quantitative estimate of drug-likeness (QED) is 0.655. The number of urea groups is 1. The Morgan fingerprint density at radius 1 is 1.12 bits per heavy atom. The highest BCUT2D eigenvalue weighted by Gasteiger charge is 2.43. The molecule has 0 aliphatic carbocycles. The van der Waals surface area contributed by atoms with Crippen LogP contribution in [0.2, 0.25) is 0 Å². The lowest BCUT2D eigenvalue weighted by molar-refractivity contribution is -0.145. The second-order valence-corrected chi connectivity index (χ2v) is 6.89. The van der Waals surface area contributed by atoms with E-state index in [1.165, 1.54) is 0 Å². The van der Waals surface area contributed by atoms with E-state index in [1.54, 1.807) is 16.7 Å². The molecule has 1 aliphatic rings. The molecule has 2 amide bonds. The summed E-state index contributed by atoms with van der Waals surface area (Å²) in [6.07, 6.45) is 0.212. The van der Waals surface area contributed by atoms with Crippen LogP contribution in [0.1, 0.15) is 10.9 Å². The molecular weight excluding hydrogens is 355 g/mol. The van der Waals surface area contributed by atoms with E-state index in [1.807, 2.05) is 60.7 Å². The Labute approximate surface area is 153 Å². The Hall–Kier alpha value is -2.04. The van der Waals surface area contributed by atoms with Gasteiger partial charge in [0, 0.05) is 11.4 Å². The molecule has 0 bridgehead atoms. The summed E-state index contributed by atoms with van der Waals surface area (Å²) >= 11 is 1.56. The van der Waals surface area contributed by atoms with Crippen LogP contribution in [0.3, 0.4) is 0 Å². The summed E-state index contributed by atoms with van der Waals surface area (Å²) < 4.78 is 5.13. The second kappa shape index (κ2) is 8.37. The fraction of sp³-hybridized carbons (Fsp3) is 0.222. The van der Waals surface area contributed by atoms with Crippen LogP contribution in [0.15, 0.2) is 60.7 Å². The lowest BCUT2D eigenvalue weighted by atomic mass is 10.2. The minimum atomic E-state index is -0.612. The average molecular weight is 374 g/mol. The van der Waals surface area contributed by atoms with Crippen molar-refractivity contribution in [1.82, 2.24) is 4.90 Å². The molecule has 5 nitrogen and oxygen atoms in total. The van der Waals surface area contributed by atoms with Crippen molar-refractivity contribution in [1.29, 1.82) is 0 Å². The fourth-order valence-corrected chi connectivity index (χ4v) is 4.28. The van der Waals surface area contributed by atoms with Gasteiger partial charge < -0.3 is 10.1 Å². The normalized spacial score (nSPS) is 19.5. The first-order valence-electron chi connectivity index (χ1n) is 7.88. The number of amides is 2. The van der Waals surface area contributed by atoms with Crippen LogP contribution in [0.4, 0.5) is 10.5 Å². The molecule has 0 radical (unpaired) electrons. The number of hydrogen-bond donors (Lipinski definition) is 1. The van der Waals surface area contributed by atoms with Gasteiger partial charge in [-0.2, -0.15) is 0 Å². The number of nitrogens with one attached hydrogen (secondary N) is 1. The van der Waals surface area contributed by atoms with Crippen molar-refractivity contribution >= 4 is 38.7 Å². The fourth-order valence-electron chi connectivity index (χ4n) is 2.70. The molecular formula is C18H19N2O3PS. The SMILES string of the molecule is O=C(OCP)[C@@H]1CSC(c2ccccc2)N1C(=O)Nc1ccccc1. The van der Waals surface area contributed by atoms with Crippen molar-refractivity contribution in [2.24, 2.45) is 0 Å². The summed E-state index contributed by atoms with van der Waals surface area (Å²) in [5.41, 5.74) is 1.67. The van der Waals surface area contributed by atoms with Crippen molar-refractivity contribution in [3.8, 4) is 0 Å². The van der Waals surface area contributed by atoms with Gasteiger partial charge in [-0.05, 0) is 17.7 Å². The molecule has 0 spiro atoms. The van der Waals surface area contributed by atoms with Crippen molar-refractivity contribution < 1.29 is 14.3 Å². The number of anilines is 1. The van der Waals surface area contributed by atoms with Gasteiger partial charge in [-0.15, -0.1) is 11.8 Å². The molecule has 1 heterocycles. The Balaban J connectivity index is 1.86. The zero-order chi connectivity index (χ0) is 17.6. The number of benzene rings is 2. The van der Waals surface area contributed by atoms with Gasteiger partial charge in [-0.25, -0.2) is 9.59 Å². The largest absolute Gasteiger partial charge is 0.460 e. The highest BCUT2D eigenvalue weighted by atomic mass is 32.2. The molecule has 1 saturated heterocycles. The van der Waals surface area contributed by atoms with E-state index in [2.05, 4.69) is 14.6 Å². The minimum Gasteiger partial charge on any atom is -0.460 e. The van der Waals surface area contributed by atoms with Crippen LogP contribution in [0.25, 0.3) is 0 Å². The maximum Gasteiger partial charge on any atom is 0.330 e. The average Bonchev–Trinajstić information content (AvgIpc) is 3.09. The van der Waals surface area contributed by atoms with Crippen LogP contribution >= 0.6 is 21.0 Å². The number of hydrogen-bond acceptors (Lipinski definition) is 4. The van der Waals surface area contributed by atoms with E-state index in [0.29, 0.717) is 11.4 Å². The van der Waals surface area contributed by atoms with Crippen molar-refractivity contribution in [2.75, 3.05) is 17.4 Å². The van der Waals surface area contributed by atoms with Crippen LogP contribution in [-0.2, 0) is 9.53 Å². The zero-order valence-corrected chi connectivity index (χ0v) is 15.5. The van der Waals surface area contributed by atoms with Gasteiger partial charge in [0.05, 0.1) is 0 Å². The number of esters is 1. The molecule has 0 saturated carbocycles. The number of carbonyl (C=O) groups excluding carboxylic acids is 2. The maximum atomic E-state index is 12.9. The molecule has 3 rings (SSSR count). The molecule has 2 aromatic rings. The monoisotopic (exact) mass is 374 g/mol. The van der Waals surface area contributed by atoms with Gasteiger partial charge in [0.25, 0.3) is 0 Å². The predicted molar refractivity (Wildman–Crippen MR) is 103 cm³/mol. The number of para-hydroxylation sites is 1. The van der Waals surface area contributed by atoms with Crippen LogP contribution < -0.4 is 5.32 Å². The number of rotatable bonds is 4. The summed E-state index contributed by atoms with van der Waals surface area (Å²) in [6.45, 7) is 0. The minimum absolute atomic E-state index is 0.212.